The predicted octanol–water partition coefficient (Wildman–Crippen LogP) is 8.27. The molecule has 0 radical (unpaired) electrons. The first-order valence-corrected chi connectivity index (χ1v) is 24.2. The molecule has 1 aromatic heterocycles. The van der Waals surface area contributed by atoms with Crippen LogP contribution in [0.2, 0.25) is 0 Å². The van der Waals surface area contributed by atoms with Crippen molar-refractivity contribution in [3.8, 4) is 33.4 Å². The molecular weight excluding hydrogens is 956 g/mol. The number of benzene rings is 4. The molecule has 3 N–H and O–H groups in total. The van der Waals surface area contributed by atoms with Crippen LogP contribution in [0.15, 0.2) is 103 Å². The number of rotatable bonds is 17. The molecule has 71 heavy (non-hydrogen) atoms. The fourth-order valence-corrected chi connectivity index (χ4v) is 9.59. The molecule has 5 aromatic rings. The molecule has 4 amide bonds. The molecular formula is C52H54F3N7O7S2. The highest BCUT2D eigenvalue weighted by Gasteiger charge is 2.51. The van der Waals surface area contributed by atoms with Crippen LogP contribution in [-0.2, 0) is 36.6 Å². The molecule has 2 saturated heterocycles. The second-order valence-electron chi connectivity index (χ2n) is 18.9. The maximum atomic E-state index is 14.0. The number of unbranched alkanes of at least 4 members (excludes halogenated alkanes) is 1. The molecule has 372 valence electrons. The fraction of sp³-hybridized carbons (Fsp3) is 0.365. The first-order chi connectivity index (χ1) is 33.7. The molecule has 2 aliphatic rings. The van der Waals surface area contributed by atoms with Gasteiger partial charge in [0.2, 0.25) is 17.7 Å². The Bertz CT molecular complexity index is 2780. The van der Waals surface area contributed by atoms with Gasteiger partial charge in [-0.15, -0.1) is 11.3 Å². The molecule has 7 rings (SSSR count). The number of aromatic nitrogens is 1. The predicted molar refractivity (Wildman–Crippen MR) is 267 cm³/mol. The number of carbonyl (C=O) groups excluding carboxylic acids is 4. The number of nitrogens with one attached hydrogen (secondary N) is 2. The molecule has 3 heterocycles. The topological polar surface area (TPSA) is 177 Å². The largest absolute Gasteiger partial charge is 0.494 e. The summed E-state index contributed by atoms with van der Waals surface area (Å²) in [6.45, 7) is 9.32. The average Bonchev–Trinajstić information content (AvgIpc) is 4.06. The highest BCUT2D eigenvalue weighted by Crippen LogP contribution is 2.40. The number of carbonyl (C=O) groups is 4. The third kappa shape index (κ3) is 12.1. The Hall–Kier alpha value is -6.72. The van der Waals surface area contributed by atoms with Crippen molar-refractivity contribution >= 4 is 63.7 Å². The lowest BCUT2D eigenvalue weighted by Crippen LogP contribution is -2.58. The third-order valence-corrected chi connectivity index (χ3v) is 13.5. The van der Waals surface area contributed by atoms with E-state index in [4.69, 9.17) is 21.7 Å². The SMILES string of the molecule is CC(C)(C)[C@H](NC(=O)COCCCCOc1ccc(-c2ccc(N3C(=S)N(c4ccc(C#N)c(C(F)(F)F)c4)C(=O)C3(C)C)cc2)cc1)C(=O)N1C[C@H](O)C[C@H]1C(=O)NCc1ccc(-c2cncs2)cc1. The zero-order valence-electron chi connectivity index (χ0n) is 39.8. The van der Waals surface area contributed by atoms with Gasteiger partial charge < -0.3 is 35.0 Å². The van der Waals surface area contributed by atoms with Crippen molar-refractivity contribution in [3.05, 3.63) is 119 Å². The van der Waals surface area contributed by atoms with Crippen molar-refractivity contribution < 1.29 is 46.9 Å². The van der Waals surface area contributed by atoms with Gasteiger partial charge in [-0.05, 0) is 109 Å². The van der Waals surface area contributed by atoms with E-state index in [1.807, 2.05) is 81.4 Å². The number of likely N-dealkylation sites (tertiary alicyclic amines) is 1. The number of alkyl halides is 3. The number of thiocarbonyl (C=S) groups is 1. The number of aliphatic hydroxyl groups is 1. The van der Waals surface area contributed by atoms with Crippen LogP contribution in [-0.4, -0.2) is 93.8 Å². The number of hydrogen-bond acceptors (Lipinski definition) is 11. The number of anilines is 2. The number of nitriles is 1. The third-order valence-electron chi connectivity index (χ3n) is 12.3. The second kappa shape index (κ2) is 21.7. The zero-order chi connectivity index (χ0) is 51.3. The van der Waals surface area contributed by atoms with Gasteiger partial charge in [0.05, 0.1) is 46.0 Å². The lowest BCUT2D eigenvalue weighted by Gasteiger charge is -2.35. The molecule has 2 aliphatic heterocycles. The number of hydrogen-bond donors (Lipinski definition) is 3. The molecule has 0 unspecified atom stereocenters. The number of nitrogens with zero attached hydrogens (tertiary/aromatic N) is 5. The molecule has 2 fully saturated rings. The minimum absolute atomic E-state index is 0.00294. The number of halogens is 3. The number of thiazole rings is 1. The van der Waals surface area contributed by atoms with Gasteiger partial charge in [-0.1, -0.05) is 69.3 Å². The van der Waals surface area contributed by atoms with Crippen molar-refractivity contribution in [2.75, 3.05) is 36.2 Å². The van der Waals surface area contributed by atoms with Gasteiger partial charge in [-0.2, -0.15) is 18.4 Å². The van der Waals surface area contributed by atoms with E-state index in [9.17, 15) is 42.7 Å². The number of aliphatic hydroxyl groups excluding tert-OH is 1. The van der Waals surface area contributed by atoms with E-state index in [2.05, 4.69) is 15.6 Å². The number of ether oxygens (including phenoxy) is 2. The van der Waals surface area contributed by atoms with Gasteiger partial charge in [0.1, 0.15) is 30.0 Å². The van der Waals surface area contributed by atoms with Crippen molar-refractivity contribution in [1.29, 1.82) is 5.26 Å². The summed E-state index contributed by atoms with van der Waals surface area (Å²) in [5.74, 6) is -1.21. The van der Waals surface area contributed by atoms with E-state index in [1.54, 1.807) is 48.7 Å². The number of amides is 4. The molecule has 19 heteroatoms. The summed E-state index contributed by atoms with van der Waals surface area (Å²) in [5, 5.41) is 25.5. The minimum atomic E-state index is -4.80. The van der Waals surface area contributed by atoms with E-state index in [0.717, 1.165) is 44.2 Å². The fourth-order valence-electron chi connectivity index (χ4n) is 8.44. The van der Waals surface area contributed by atoms with Crippen LogP contribution in [0.5, 0.6) is 5.75 Å². The standard InChI is InChI=1S/C52H54F3N7O7S2/c1-50(2,3)45(47(66)60-29-39(63)25-42(60)46(65)58-27-32-8-10-35(11-9-32)43-28-57-31-71-43)59-44(64)30-68-22-6-7-23-69-40-20-15-34(16-21-40)33-12-17-37(18-13-33)62-49(70)61(48(67)51(62,4)5)38-19-14-36(26-56)41(24-38)52(53,54)55/h8-21,24,28,31,39,42,45,63H,6-7,22-23,25,27,29-30H2,1-5H3,(H,58,65)(H,59,64)/t39-,42+,45-/m1/s1. The summed E-state index contributed by atoms with van der Waals surface area (Å²) in [6.07, 6.45) is -2.59. The molecule has 0 saturated carbocycles. The quantitative estimate of drug-likeness (QED) is 0.0604. The number of β-amino-alcohol motifs (C(OH)–C–C–N with tert-alkyl or cyclic N) is 1. The van der Waals surface area contributed by atoms with Crippen LogP contribution in [0.3, 0.4) is 0 Å². The van der Waals surface area contributed by atoms with Gasteiger partial charge in [0.15, 0.2) is 5.11 Å². The lowest BCUT2D eigenvalue weighted by molar-refractivity contribution is -0.144. The maximum Gasteiger partial charge on any atom is 0.417 e. The monoisotopic (exact) mass is 1010 g/mol. The Labute approximate surface area is 419 Å². The van der Waals surface area contributed by atoms with Crippen molar-refractivity contribution in [2.24, 2.45) is 5.41 Å². The minimum Gasteiger partial charge on any atom is -0.494 e. The Kier molecular flexibility index (Phi) is 15.9. The Balaban J connectivity index is 0.841. The van der Waals surface area contributed by atoms with E-state index in [-0.39, 0.29) is 49.4 Å². The van der Waals surface area contributed by atoms with Gasteiger partial charge in [0, 0.05) is 38.0 Å². The Morgan fingerprint density at radius 3 is 2.20 bits per heavy atom. The first-order valence-electron chi connectivity index (χ1n) is 22.9. The normalized spacial score (nSPS) is 17.3. The summed E-state index contributed by atoms with van der Waals surface area (Å²) in [4.78, 5) is 63.2. The molecule has 0 spiro atoms. The Morgan fingerprint density at radius 2 is 1.58 bits per heavy atom. The van der Waals surface area contributed by atoms with Crippen molar-refractivity contribution in [1.82, 2.24) is 20.5 Å². The van der Waals surface area contributed by atoms with Crippen LogP contribution in [0.4, 0.5) is 24.5 Å². The lowest BCUT2D eigenvalue weighted by atomic mass is 9.85. The second-order valence-corrected chi connectivity index (χ2v) is 20.1. The van der Waals surface area contributed by atoms with Gasteiger partial charge in [-0.3, -0.25) is 29.1 Å². The van der Waals surface area contributed by atoms with Gasteiger partial charge in [-0.25, -0.2) is 0 Å². The van der Waals surface area contributed by atoms with Crippen molar-refractivity contribution in [2.45, 2.75) is 90.3 Å². The van der Waals surface area contributed by atoms with Crippen LogP contribution < -0.4 is 25.2 Å². The molecule has 0 bridgehead atoms. The Morgan fingerprint density at radius 1 is 0.944 bits per heavy atom. The van der Waals surface area contributed by atoms with Gasteiger partial charge >= 0.3 is 6.18 Å². The van der Waals surface area contributed by atoms with E-state index in [1.165, 1.54) is 22.3 Å². The molecule has 3 atom stereocenters. The van der Waals surface area contributed by atoms with Crippen LogP contribution in [0.1, 0.15) is 70.6 Å². The van der Waals surface area contributed by atoms with Crippen molar-refractivity contribution in [3.63, 3.8) is 0 Å². The van der Waals surface area contributed by atoms with E-state index >= 15 is 0 Å². The summed E-state index contributed by atoms with van der Waals surface area (Å²) in [7, 11) is 0. The zero-order valence-corrected chi connectivity index (χ0v) is 41.4. The maximum absolute atomic E-state index is 14.0. The van der Waals surface area contributed by atoms with Crippen LogP contribution >= 0.6 is 23.6 Å². The first kappa shape index (κ1) is 52.1. The van der Waals surface area contributed by atoms with E-state index < -0.39 is 64.2 Å². The molecule has 4 aromatic carbocycles. The van der Waals surface area contributed by atoms with E-state index in [0.29, 0.717) is 30.9 Å². The average molecular weight is 1010 g/mol. The summed E-state index contributed by atoms with van der Waals surface area (Å²) in [6, 6.07) is 25.2. The van der Waals surface area contributed by atoms with Crippen LogP contribution in [0, 0.1) is 16.7 Å². The highest BCUT2D eigenvalue weighted by atomic mass is 32.1. The van der Waals surface area contributed by atoms with Crippen LogP contribution in [0.25, 0.3) is 21.6 Å². The molecule has 0 aliphatic carbocycles. The highest BCUT2D eigenvalue weighted by molar-refractivity contribution is 7.81. The molecule has 14 nitrogen and oxygen atoms in total. The van der Waals surface area contributed by atoms with Gasteiger partial charge in [0.25, 0.3) is 5.91 Å². The smallest absolute Gasteiger partial charge is 0.417 e. The summed E-state index contributed by atoms with van der Waals surface area (Å²) in [5.41, 5.74) is 2.22. The summed E-state index contributed by atoms with van der Waals surface area (Å²) < 4.78 is 52.9. The summed E-state index contributed by atoms with van der Waals surface area (Å²) >= 11 is 7.20.